The fourth-order valence-electron chi connectivity index (χ4n) is 2.21. The minimum Gasteiger partial charge on any atom is -0.380 e. The summed E-state index contributed by atoms with van der Waals surface area (Å²) in [6.45, 7) is 0.572. The van der Waals surface area contributed by atoms with Gasteiger partial charge < -0.3 is 10.1 Å². The molecule has 4 nitrogen and oxygen atoms in total. The molecule has 1 aromatic heterocycles. The number of anilines is 2. The first-order chi connectivity index (χ1) is 10.3. The standard InChI is InChI=1S/C16H14ClN3O/c1-21-10-11-5-4-6-12(9-11)18-16-14-8-3-2-7-13(14)15(17)19-20-16/h2-9H,10H2,1H3,(H,18,20). The highest BCUT2D eigenvalue weighted by molar-refractivity contribution is 6.34. The molecule has 0 aliphatic heterocycles. The predicted octanol–water partition coefficient (Wildman–Crippen LogP) is 4.17. The molecule has 0 amide bonds. The van der Waals surface area contributed by atoms with Crippen LogP contribution in [0.2, 0.25) is 5.15 Å². The van der Waals surface area contributed by atoms with Crippen molar-refractivity contribution in [2.45, 2.75) is 6.61 Å². The first kappa shape index (κ1) is 13.8. The maximum absolute atomic E-state index is 6.08. The highest BCUT2D eigenvalue weighted by atomic mass is 35.5. The molecule has 0 saturated heterocycles. The van der Waals surface area contributed by atoms with E-state index >= 15 is 0 Å². The van der Waals surface area contributed by atoms with Crippen molar-refractivity contribution in [1.29, 1.82) is 0 Å². The third-order valence-corrected chi connectivity index (χ3v) is 3.42. The Morgan fingerprint density at radius 2 is 1.86 bits per heavy atom. The summed E-state index contributed by atoms with van der Waals surface area (Å²) in [5.74, 6) is 0.685. The fraction of sp³-hybridized carbons (Fsp3) is 0.125. The zero-order valence-corrected chi connectivity index (χ0v) is 12.3. The van der Waals surface area contributed by atoms with Gasteiger partial charge in [0, 0.05) is 23.6 Å². The van der Waals surface area contributed by atoms with Crippen molar-refractivity contribution in [3.05, 3.63) is 59.2 Å². The van der Waals surface area contributed by atoms with Crippen LogP contribution in [0.5, 0.6) is 0 Å². The molecule has 0 atom stereocenters. The Labute approximate surface area is 127 Å². The first-order valence-electron chi connectivity index (χ1n) is 6.54. The number of ether oxygens (including phenoxy) is 1. The van der Waals surface area contributed by atoms with Crippen molar-refractivity contribution < 1.29 is 4.74 Å². The van der Waals surface area contributed by atoms with E-state index in [0.717, 1.165) is 22.0 Å². The quantitative estimate of drug-likeness (QED) is 0.785. The minimum absolute atomic E-state index is 0.407. The van der Waals surface area contributed by atoms with Crippen LogP contribution >= 0.6 is 11.6 Å². The van der Waals surface area contributed by atoms with Crippen molar-refractivity contribution in [2.75, 3.05) is 12.4 Å². The lowest BCUT2D eigenvalue weighted by molar-refractivity contribution is 0.185. The molecule has 0 spiro atoms. The number of nitrogens with one attached hydrogen (secondary N) is 1. The van der Waals surface area contributed by atoms with Gasteiger partial charge in [-0.25, -0.2) is 0 Å². The highest BCUT2D eigenvalue weighted by Gasteiger charge is 2.07. The van der Waals surface area contributed by atoms with Crippen LogP contribution in [0.4, 0.5) is 11.5 Å². The lowest BCUT2D eigenvalue weighted by Crippen LogP contribution is -1.98. The first-order valence-corrected chi connectivity index (χ1v) is 6.91. The zero-order chi connectivity index (χ0) is 14.7. The topological polar surface area (TPSA) is 47.0 Å². The number of halogens is 1. The van der Waals surface area contributed by atoms with Gasteiger partial charge in [0.2, 0.25) is 0 Å². The summed E-state index contributed by atoms with van der Waals surface area (Å²) in [5, 5.41) is 13.7. The minimum atomic E-state index is 0.407. The van der Waals surface area contributed by atoms with Crippen LogP contribution in [0.15, 0.2) is 48.5 Å². The number of fused-ring (bicyclic) bond motifs is 1. The van der Waals surface area contributed by atoms with Gasteiger partial charge in [0.25, 0.3) is 0 Å². The van der Waals surface area contributed by atoms with Crippen molar-refractivity contribution in [1.82, 2.24) is 10.2 Å². The number of benzene rings is 2. The van der Waals surface area contributed by atoms with Crippen LogP contribution in [-0.4, -0.2) is 17.3 Å². The second kappa shape index (κ2) is 6.08. The molecule has 106 valence electrons. The summed E-state index contributed by atoms with van der Waals surface area (Å²) in [6, 6.07) is 15.8. The number of hydrogen-bond acceptors (Lipinski definition) is 4. The third-order valence-electron chi connectivity index (χ3n) is 3.14. The van der Waals surface area contributed by atoms with Crippen LogP contribution < -0.4 is 5.32 Å². The summed E-state index contributed by atoms with van der Waals surface area (Å²) < 4.78 is 5.15. The zero-order valence-electron chi connectivity index (χ0n) is 11.5. The second-order valence-corrected chi connectivity index (χ2v) is 5.00. The predicted molar refractivity (Wildman–Crippen MR) is 85.0 cm³/mol. The number of rotatable bonds is 4. The molecular weight excluding hydrogens is 286 g/mol. The average molecular weight is 300 g/mol. The maximum Gasteiger partial charge on any atom is 0.161 e. The fourth-order valence-corrected chi connectivity index (χ4v) is 2.41. The molecule has 3 aromatic rings. The Hall–Kier alpha value is -2.17. The molecule has 0 fully saturated rings. The SMILES string of the molecule is COCc1cccc(Nc2nnc(Cl)c3ccccc23)c1. The van der Waals surface area contributed by atoms with Gasteiger partial charge in [-0.3, -0.25) is 0 Å². The lowest BCUT2D eigenvalue weighted by atomic mass is 10.1. The summed E-state index contributed by atoms with van der Waals surface area (Å²) in [7, 11) is 1.68. The number of aromatic nitrogens is 2. The van der Waals surface area contributed by atoms with Gasteiger partial charge in [-0.15, -0.1) is 10.2 Å². The Bertz CT molecular complexity index is 776. The van der Waals surface area contributed by atoms with Crippen molar-refractivity contribution >= 4 is 33.9 Å². The van der Waals surface area contributed by atoms with Crippen LogP contribution in [0.1, 0.15) is 5.56 Å². The third kappa shape index (κ3) is 2.96. The van der Waals surface area contributed by atoms with Crippen LogP contribution in [0.3, 0.4) is 0 Å². The average Bonchev–Trinajstić information content (AvgIpc) is 2.51. The lowest BCUT2D eigenvalue weighted by Gasteiger charge is -2.10. The summed E-state index contributed by atoms with van der Waals surface area (Å²) >= 11 is 6.08. The molecule has 1 N–H and O–H groups in total. The van der Waals surface area contributed by atoms with Crippen molar-refractivity contribution in [3.63, 3.8) is 0 Å². The molecule has 21 heavy (non-hydrogen) atoms. The van der Waals surface area contributed by atoms with E-state index in [0.29, 0.717) is 17.6 Å². The summed E-state index contributed by atoms with van der Waals surface area (Å²) in [5.41, 5.74) is 2.03. The van der Waals surface area contributed by atoms with E-state index in [1.54, 1.807) is 7.11 Å². The molecule has 0 bridgehead atoms. The molecule has 0 saturated carbocycles. The smallest absolute Gasteiger partial charge is 0.161 e. The Morgan fingerprint density at radius 3 is 2.67 bits per heavy atom. The Kier molecular flexibility index (Phi) is 3.99. The molecule has 3 rings (SSSR count). The van der Waals surface area contributed by atoms with E-state index in [-0.39, 0.29) is 0 Å². The van der Waals surface area contributed by atoms with Crippen molar-refractivity contribution in [3.8, 4) is 0 Å². The van der Waals surface area contributed by atoms with Crippen LogP contribution in [0, 0.1) is 0 Å². The van der Waals surface area contributed by atoms with Crippen molar-refractivity contribution in [2.24, 2.45) is 0 Å². The number of methoxy groups -OCH3 is 1. The van der Waals surface area contributed by atoms with E-state index in [1.165, 1.54) is 0 Å². The van der Waals surface area contributed by atoms with Gasteiger partial charge in [-0.05, 0) is 17.7 Å². The number of nitrogens with zero attached hydrogens (tertiary/aromatic N) is 2. The summed E-state index contributed by atoms with van der Waals surface area (Å²) in [4.78, 5) is 0. The van der Waals surface area contributed by atoms with E-state index in [1.807, 2.05) is 48.5 Å². The molecule has 1 heterocycles. The Balaban J connectivity index is 1.98. The largest absolute Gasteiger partial charge is 0.380 e. The highest BCUT2D eigenvalue weighted by Crippen LogP contribution is 2.27. The maximum atomic E-state index is 6.08. The second-order valence-electron chi connectivity index (χ2n) is 4.64. The van der Waals surface area contributed by atoms with Gasteiger partial charge in [-0.1, -0.05) is 48.0 Å². The van der Waals surface area contributed by atoms with E-state index in [2.05, 4.69) is 15.5 Å². The van der Waals surface area contributed by atoms with Crippen LogP contribution in [0.25, 0.3) is 10.8 Å². The monoisotopic (exact) mass is 299 g/mol. The molecule has 2 aromatic carbocycles. The summed E-state index contributed by atoms with van der Waals surface area (Å²) in [6.07, 6.45) is 0. The molecular formula is C16H14ClN3O. The van der Waals surface area contributed by atoms with Gasteiger partial charge in [0.15, 0.2) is 11.0 Å². The van der Waals surface area contributed by atoms with E-state index < -0.39 is 0 Å². The Morgan fingerprint density at radius 1 is 1.05 bits per heavy atom. The van der Waals surface area contributed by atoms with Gasteiger partial charge in [-0.2, -0.15) is 0 Å². The van der Waals surface area contributed by atoms with E-state index in [4.69, 9.17) is 16.3 Å². The molecule has 0 aliphatic rings. The normalized spacial score (nSPS) is 10.8. The number of hydrogen-bond donors (Lipinski definition) is 1. The molecule has 0 unspecified atom stereocenters. The van der Waals surface area contributed by atoms with E-state index in [9.17, 15) is 0 Å². The molecule has 5 heteroatoms. The molecule has 0 radical (unpaired) electrons. The van der Waals surface area contributed by atoms with Gasteiger partial charge in [0.1, 0.15) is 0 Å². The molecule has 0 aliphatic carbocycles. The van der Waals surface area contributed by atoms with Gasteiger partial charge in [0.05, 0.1) is 6.61 Å². The van der Waals surface area contributed by atoms with Gasteiger partial charge >= 0.3 is 0 Å². The van der Waals surface area contributed by atoms with Crippen LogP contribution in [-0.2, 0) is 11.3 Å².